The number of carbonyl (C=O) groups excluding carboxylic acids is 2. The van der Waals surface area contributed by atoms with E-state index in [1.54, 1.807) is 0 Å². The van der Waals surface area contributed by atoms with Crippen LogP contribution in [0.2, 0.25) is 0 Å². The Hall–Kier alpha value is -0.700. The van der Waals surface area contributed by atoms with E-state index < -0.39 is 0 Å². The van der Waals surface area contributed by atoms with Gasteiger partial charge in [0.05, 0.1) is 0 Å². The lowest BCUT2D eigenvalue weighted by atomic mass is 10.0. The number of carbonyl (C=O) groups is 2. The molecule has 1 aliphatic heterocycles. The van der Waals surface area contributed by atoms with Gasteiger partial charge in [-0.1, -0.05) is 6.42 Å². The molecule has 1 fully saturated rings. The van der Waals surface area contributed by atoms with Gasteiger partial charge >= 0.3 is 0 Å². The van der Waals surface area contributed by atoms with Crippen LogP contribution in [0.25, 0.3) is 0 Å². The van der Waals surface area contributed by atoms with Gasteiger partial charge in [-0.2, -0.15) is 0 Å². The van der Waals surface area contributed by atoms with Crippen molar-refractivity contribution in [1.82, 2.24) is 4.90 Å². The van der Waals surface area contributed by atoms with Crippen molar-refractivity contribution in [2.45, 2.75) is 38.1 Å². The normalized spacial score (nSPS) is 18.8. The van der Waals surface area contributed by atoms with Crippen molar-refractivity contribution in [3.05, 3.63) is 0 Å². The van der Waals surface area contributed by atoms with Crippen molar-refractivity contribution in [3.63, 3.8) is 0 Å². The molecular formula is C10H17NO2. The maximum absolute atomic E-state index is 10.4. The maximum atomic E-state index is 10.4. The van der Waals surface area contributed by atoms with Crippen molar-refractivity contribution in [1.29, 1.82) is 0 Å². The molecule has 0 bridgehead atoms. The maximum Gasteiger partial charge on any atom is 0.121 e. The van der Waals surface area contributed by atoms with E-state index in [2.05, 4.69) is 4.90 Å². The highest BCUT2D eigenvalue weighted by Gasteiger charge is 2.19. The van der Waals surface area contributed by atoms with Crippen LogP contribution in [-0.4, -0.2) is 36.6 Å². The quantitative estimate of drug-likeness (QED) is 0.597. The van der Waals surface area contributed by atoms with E-state index in [1.165, 1.54) is 19.3 Å². The number of nitrogens with zero attached hydrogens (tertiary/aromatic N) is 1. The molecule has 74 valence electrons. The second-order valence-electron chi connectivity index (χ2n) is 3.56. The average molecular weight is 183 g/mol. The molecule has 13 heavy (non-hydrogen) atoms. The summed E-state index contributed by atoms with van der Waals surface area (Å²) in [4.78, 5) is 23.1. The molecule has 0 aromatic carbocycles. The monoisotopic (exact) mass is 183 g/mol. The number of rotatable bonds is 5. The molecule has 1 heterocycles. The Kier molecular flexibility index (Phi) is 4.68. The fraction of sp³-hybridized carbons (Fsp3) is 0.800. The van der Waals surface area contributed by atoms with Gasteiger partial charge in [-0.3, -0.25) is 4.90 Å². The van der Waals surface area contributed by atoms with E-state index in [-0.39, 0.29) is 6.04 Å². The first-order valence-corrected chi connectivity index (χ1v) is 5.00. The molecule has 0 radical (unpaired) electrons. The highest BCUT2D eigenvalue weighted by atomic mass is 16.1. The van der Waals surface area contributed by atoms with E-state index >= 15 is 0 Å². The molecule has 0 N–H and O–H groups in total. The third-order valence-corrected chi connectivity index (χ3v) is 2.64. The van der Waals surface area contributed by atoms with Crippen LogP contribution in [0.15, 0.2) is 0 Å². The summed E-state index contributed by atoms with van der Waals surface area (Å²) in [5.74, 6) is 0. The van der Waals surface area contributed by atoms with Crippen LogP contribution in [-0.2, 0) is 9.59 Å². The van der Waals surface area contributed by atoms with Crippen molar-refractivity contribution >= 4 is 12.6 Å². The number of piperidine rings is 1. The summed E-state index contributed by atoms with van der Waals surface area (Å²) in [5, 5.41) is 0. The van der Waals surface area contributed by atoms with Gasteiger partial charge in [0.1, 0.15) is 12.6 Å². The summed E-state index contributed by atoms with van der Waals surface area (Å²) in [6.07, 6.45) is 6.52. The smallest absolute Gasteiger partial charge is 0.121 e. The fourth-order valence-electron chi connectivity index (χ4n) is 1.90. The van der Waals surface area contributed by atoms with E-state index in [4.69, 9.17) is 0 Å². The second kappa shape index (κ2) is 5.86. The van der Waals surface area contributed by atoms with Gasteiger partial charge in [0.2, 0.25) is 0 Å². The summed E-state index contributed by atoms with van der Waals surface area (Å²) < 4.78 is 0. The molecule has 0 saturated carbocycles. The first-order valence-electron chi connectivity index (χ1n) is 5.00. The lowest BCUT2D eigenvalue weighted by molar-refractivity contribution is -0.111. The molecule has 0 aromatic heterocycles. The van der Waals surface area contributed by atoms with Crippen molar-refractivity contribution in [2.75, 3.05) is 13.1 Å². The molecule has 0 spiro atoms. The summed E-state index contributed by atoms with van der Waals surface area (Å²) in [5.41, 5.74) is 0. The third kappa shape index (κ3) is 3.27. The summed E-state index contributed by atoms with van der Waals surface area (Å²) >= 11 is 0. The van der Waals surface area contributed by atoms with Crippen molar-refractivity contribution in [2.24, 2.45) is 0 Å². The predicted octanol–water partition coefficient (Wildman–Crippen LogP) is 1.02. The third-order valence-electron chi connectivity index (χ3n) is 2.64. The number of aldehydes is 2. The lowest BCUT2D eigenvalue weighted by Gasteiger charge is -2.32. The molecule has 3 heteroatoms. The number of hydrogen-bond donors (Lipinski definition) is 0. The van der Waals surface area contributed by atoms with Gasteiger partial charge in [-0.05, 0) is 25.9 Å². The van der Waals surface area contributed by atoms with Gasteiger partial charge in [0.15, 0.2) is 0 Å². The minimum Gasteiger partial charge on any atom is -0.303 e. The Bertz CT molecular complexity index is 154. The molecule has 1 saturated heterocycles. The van der Waals surface area contributed by atoms with Crippen molar-refractivity contribution < 1.29 is 9.59 Å². The van der Waals surface area contributed by atoms with Crippen LogP contribution >= 0.6 is 0 Å². The number of likely N-dealkylation sites (tertiary alicyclic amines) is 1. The zero-order chi connectivity index (χ0) is 9.52. The Labute approximate surface area is 79.1 Å². The van der Waals surface area contributed by atoms with Crippen LogP contribution in [0, 0.1) is 0 Å². The largest absolute Gasteiger partial charge is 0.303 e. The number of hydrogen-bond acceptors (Lipinski definition) is 3. The minimum atomic E-state index is 0.162. The zero-order valence-corrected chi connectivity index (χ0v) is 7.95. The molecule has 0 unspecified atom stereocenters. The zero-order valence-electron chi connectivity index (χ0n) is 7.95. The van der Waals surface area contributed by atoms with E-state index in [1.807, 2.05) is 0 Å². The first kappa shape index (κ1) is 10.4. The molecule has 1 aliphatic rings. The Morgan fingerprint density at radius 2 is 1.54 bits per heavy atom. The van der Waals surface area contributed by atoms with Crippen LogP contribution < -0.4 is 0 Å². The molecule has 0 atom stereocenters. The highest BCUT2D eigenvalue weighted by molar-refractivity contribution is 5.55. The fourth-order valence-corrected chi connectivity index (χ4v) is 1.90. The van der Waals surface area contributed by atoms with Gasteiger partial charge in [0, 0.05) is 18.9 Å². The van der Waals surface area contributed by atoms with Gasteiger partial charge < -0.3 is 9.59 Å². The SMILES string of the molecule is O=CCC(CC=O)N1CCCCC1. The average Bonchev–Trinajstić information content (AvgIpc) is 2.19. The Balaban J connectivity index is 2.40. The lowest BCUT2D eigenvalue weighted by Crippen LogP contribution is -2.39. The van der Waals surface area contributed by atoms with E-state index in [0.717, 1.165) is 25.7 Å². The van der Waals surface area contributed by atoms with Gasteiger partial charge in [0.25, 0.3) is 0 Å². The molecule has 0 amide bonds. The predicted molar refractivity (Wildman–Crippen MR) is 50.6 cm³/mol. The first-order chi connectivity index (χ1) is 6.38. The summed E-state index contributed by atoms with van der Waals surface area (Å²) in [6.45, 7) is 2.10. The van der Waals surface area contributed by atoms with Gasteiger partial charge in [-0.25, -0.2) is 0 Å². The second-order valence-corrected chi connectivity index (χ2v) is 3.56. The molecule has 0 aromatic rings. The Morgan fingerprint density at radius 1 is 1.00 bits per heavy atom. The van der Waals surface area contributed by atoms with Crippen LogP contribution in [0.4, 0.5) is 0 Å². The van der Waals surface area contributed by atoms with Crippen LogP contribution in [0.1, 0.15) is 32.1 Å². The summed E-state index contributed by atoms with van der Waals surface area (Å²) in [7, 11) is 0. The molecular weight excluding hydrogens is 166 g/mol. The molecule has 1 rings (SSSR count). The standard InChI is InChI=1S/C10H17NO2/c12-8-4-10(5-9-13)11-6-2-1-3-7-11/h8-10H,1-7H2. The molecule has 0 aliphatic carbocycles. The van der Waals surface area contributed by atoms with Gasteiger partial charge in [-0.15, -0.1) is 0 Å². The Morgan fingerprint density at radius 3 is 2.00 bits per heavy atom. The minimum absolute atomic E-state index is 0.162. The van der Waals surface area contributed by atoms with Crippen LogP contribution in [0.5, 0.6) is 0 Å². The van der Waals surface area contributed by atoms with Crippen molar-refractivity contribution in [3.8, 4) is 0 Å². The van der Waals surface area contributed by atoms with E-state index in [0.29, 0.717) is 12.8 Å². The summed E-state index contributed by atoms with van der Waals surface area (Å²) in [6, 6.07) is 0.162. The van der Waals surface area contributed by atoms with E-state index in [9.17, 15) is 9.59 Å². The molecule has 3 nitrogen and oxygen atoms in total. The highest BCUT2D eigenvalue weighted by Crippen LogP contribution is 2.15. The van der Waals surface area contributed by atoms with Crippen LogP contribution in [0.3, 0.4) is 0 Å². The topological polar surface area (TPSA) is 37.4 Å².